The summed E-state index contributed by atoms with van der Waals surface area (Å²) in [6.07, 6.45) is 3.78. The zero-order valence-corrected chi connectivity index (χ0v) is 10.9. The van der Waals surface area contributed by atoms with Crippen LogP contribution in [0.1, 0.15) is 33.1 Å². The van der Waals surface area contributed by atoms with Crippen LogP contribution in [0.2, 0.25) is 0 Å². The third-order valence-electron chi connectivity index (χ3n) is 2.31. The van der Waals surface area contributed by atoms with E-state index < -0.39 is 0 Å². The van der Waals surface area contributed by atoms with E-state index in [1.54, 1.807) is 0 Å². The Morgan fingerprint density at radius 1 is 1.36 bits per heavy atom. The molecule has 0 amide bonds. The van der Waals surface area contributed by atoms with Gasteiger partial charge in [0, 0.05) is 11.9 Å². The van der Waals surface area contributed by atoms with E-state index in [2.05, 4.69) is 33.8 Å². The Hall–Kier alpha value is -0.0700. The van der Waals surface area contributed by atoms with E-state index in [0.717, 1.165) is 25.0 Å². The molecule has 0 aromatic carbocycles. The lowest BCUT2D eigenvalue weighted by molar-refractivity contribution is 0.263. The lowest BCUT2D eigenvalue weighted by Crippen LogP contribution is -2.29. The molecule has 0 aliphatic rings. The van der Waals surface area contributed by atoms with Gasteiger partial charge >= 0.3 is 0 Å². The molecule has 82 valence electrons. The van der Waals surface area contributed by atoms with Crippen LogP contribution < -0.4 is 0 Å². The van der Waals surface area contributed by atoms with Crippen molar-refractivity contribution in [3.63, 3.8) is 0 Å². The molecule has 0 bridgehead atoms. The molecule has 14 heavy (non-hydrogen) atoms. The molecule has 0 radical (unpaired) electrons. The van der Waals surface area contributed by atoms with E-state index >= 15 is 0 Å². The highest BCUT2D eigenvalue weighted by atomic mass is 79.9. The minimum Gasteiger partial charge on any atom is -0.302 e. The summed E-state index contributed by atoms with van der Waals surface area (Å²) in [5.74, 6) is 0.158. The van der Waals surface area contributed by atoms with Crippen molar-refractivity contribution >= 4 is 15.9 Å². The first-order valence-electron chi connectivity index (χ1n) is 5.42. The Morgan fingerprint density at radius 3 is 2.57 bits per heavy atom. The summed E-state index contributed by atoms with van der Waals surface area (Å²) in [7, 11) is 0. The first-order chi connectivity index (χ1) is 6.74. The number of unbranched alkanes of at least 4 members (excludes halogenated alkanes) is 2. The quantitative estimate of drug-likeness (QED) is 0.496. The van der Waals surface area contributed by atoms with Gasteiger partial charge in [0.15, 0.2) is 0 Å². The molecule has 0 aromatic heterocycles. The molecular formula is C11H21BrN2. The van der Waals surface area contributed by atoms with Crippen LogP contribution in [0.15, 0.2) is 0 Å². The Bertz CT molecular complexity index is 165. The topological polar surface area (TPSA) is 27.0 Å². The zero-order valence-electron chi connectivity index (χ0n) is 9.30. The fourth-order valence-electron chi connectivity index (χ4n) is 1.41. The molecular weight excluding hydrogens is 240 g/mol. The molecule has 0 N–H and O–H groups in total. The first-order valence-corrected chi connectivity index (χ1v) is 6.54. The molecule has 1 unspecified atom stereocenters. The van der Waals surface area contributed by atoms with E-state index in [1.807, 2.05) is 6.92 Å². The molecule has 0 saturated carbocycles. The highest BCUT2D eigenvalue weighted by Gasteiger charge is 2.06. The molecule has 0 fully saturated rings. The summed E-state index contributed by atoms with van der Waals surface area (Å²) < 4.78 is 0. The molecule has 0 aliphatic heterocycles. The van der Waals surface area contributed by atoms with Crippen molar-refractivity contribution < 1.29 is 0 Å². The lowest BCUT2D eigenvalue weighted by Gasteiger charge is -2.21. The van der Waals surface area contributed by atoms with Crippen molar-refractivity contribution in [2.24, 2.45) is 5.92 Å². The maximum Gasteiger partial charge on any atom is 0.0666 e. The second kappa shape index (κ2) is 9.48. The molecule has 0 saturated heterocycles. The Kier molecular flexibility index (Phi) is 9.44. The molecule has 1 atom stereocenters. The van der Waals surface area contributed by atoms with E-state index in [4.69, 9.17) is 5.26 Å². The summed E-state index contributed by atoms with van der Waals surface area (Å²) in [5.41, 5.74) is 0. The van der Waals surface area contributed by atoms with Gasteiger partial charge < -0.3 is 4.90 Å². The van der Waals surface area contributed by atoms with Crippen LogP contribution in [0.3, 0.4) is 0 Å². The SMILES string of the molecule is CCN(CCCCCBr)CC(C)C#N. The van der Waals surface area contributed by atoms with Crippen LogP contribution in [0.25, 0.3) is 0 Å². The number of nitriles is 1. The van der Waals surface area contributed by atoms with Crippen molar-refractivity contribution in [3.8, 4) is 6.07 Å². The maximum atomic E-state index is 8.71. The van der Waals surface area contributed by atoms with Crippen molar-refractivity contribution in [3.05, 3.63) is 0 Å². The van der Waals surface area contributed by atoms with Gasteiger partial charge in [-0.15, -0.1) is 0 Å². The van der Waals surface area contributed by atoms with E-state index in [9.17, 15) is 0 Å². The minimum atomic E-state index is 0.158. The second-order valence-corrected chi connectivity index (χ2v) is 4.47. The largest absolute Gasteiger partial charge is 0.302 e. The zero-order chi connectivity index (χ0) is 10.8. The molecule has 3 heteroatoms. The van der Waals surface area contributed by atoms with Crippen LogP contribution in [-0.2, 0) is 0 Å². The third-order valence-corrected chi connectivity index (χ3v) is 2.87. The minimum absolute atomic E-state index is 0.158. The summed E-state index contributed by atoms with van der Waals surface area (Å²) in [5, 5.41) is 9.81. The van der Waals surface area contributed by atoms with Gasteiger partial charge in [-0.05, 0) is 32.9 Å². The second-order valence-electron chi connectivity index (χ2n) is 3.67. The van der Waals surface area contributed by atoms with Crippen LogP contribution in [0.5, 0.6) is 0 Å². The molecule has 2 nitrogen and oxygen atoms in total. The van der Waals surface area contributed by atoms with Gasteiger partial charge in [-0.2, -0.15) is 5.26 Å². The fourth-order valence-corrected chi connectivity index (χ4v) is 1.81. The predicted molar refractivity (Wildman–Crippen MR) is 64.5 cm³/mol. The lowest BCUT2D eigenvalue weighted by atomic mass is 10.2. The number of hydrogen-bond acceptors (Lipinski definition) is 2. The normalized spacial score (nSPS) is 12.8. The summed E-state index contributed by atoms with van der Waals surface area (Å²) in [6, 6.07) is 2.28. The molecule has 0 rings (SSSR count). The van der Waals surface area contributed by atoms with Gasteiger partial charge in [0.25, 0.3) is 0 Å². The van der Waals surface area contributed by atoms with Crippen molar-refractivity contribution in [1.29, 1.82) is 5.26 Å². The highest BCUT2D eigenvalue weighted by Crippen LogP contribution is 2.03. The standard InChI is InChI=1S/C11H21BrN2/c1-3-14(10-11(2)9-13)8-6-4-5-7-12/h11H,3-8,10H2,1-2H3. The Labute approximate surface area is 96.4 Å². The average molecular weight is 261 g/mol. The van der Waals surface area contributed by atoms with Crippen molar-refractivity contribution in [2.75, 3.05) is 25.0 Å². The van der Waals surface area contributed by atoms with Crippen LogP contribution >= 0.6 is 15.9 Å². The van der Waals surface area contributed by atoms with Gasteiger partial charge in [-0.1, -0.05) is 29.3 Å². The number of hydrogen-bond donors (Lipinski definition) is 0. The number of alkyl halides is 1. The smallest absolute Gasteiger partial charge is 0.0666 e. The fraction of sp³-hybridized carbons (Fsp3) is 0.909. The highest BCUT2D eigenvalue weighted by molar-refractivity contribution is 9.09. The summed E-state index contributed by atoms with van der Waals surface area (Å²) in [4.78, 5) is 2.36. The van der Waals surface area contributed by atoms with Crippen LogP contribution in [0, 0.1) is 17.2 Å². The average Bonchev–Trinajstić information content (AvgIpc) is 2.22. The van der Waals surface area contributed by atoms with E-state index in [-0.39, 0.29) is 5.92 Å². The van der Waals surface area contributed by atoms with Gasteiger partial charge in [0.1, 0.15) is 0 Å². The molecule has 0 heterocycles. The van der Waals surface area contributed by atoms with Gasteiger partial charge in [0.05, 0.1) is 12.0 Å². The molecule has 0 aliphatic carbocycles. The summed E-state index contributed by atoms with van der Waals surface area (Å²) in [6.45, 7) is 7.26. The predicted octanol–water partition coefficient (Wildman–Crippen LogP) is 3.03. The van der Waals surface area contributed by atoms with Crippen molar-refractivity contribution in [1.82, 2.24) is 4.90 Å². The van der Waals surface area contributed by atoms with Crippen molar-refractivity contribution in [2.45, 2.75) is 33.1 Å². The summed E-state index contributed by atoms with van der Waals surface area (Å²) >= 11 is 3.43. The monoisotopic (exact) mass is 260 g/mol. The van der Waals surface area contributed by atoms with E-state index in [1.165, 1.54) is 19.3 Å². The number of nitrogens with zero attached hydrogens (tertiary/aromatic N) is 2. The maximum absolute atomic E-state index is 8.71. The van der Waals surface area contributed by atoms with Gasteiger partial charge in [-0.25, -0.2) is 0 Å². The molecule has 0 spiro atoms. The van der Waals surface area contributed by atoms with E-state index in [0.29, 0.717) is 0 Å². The number of rotatable bonds is 8. The van der Waals surface area contributed by atoms with Gasteiger partial charge in [0.2, 0.25) is 0 Å². The van der Waals surface area contributed by atoms with Crippen LogP contribution in [-0.4, -0.2) is 29.9 Å². The molecule has 0 aromatic rings. The van der Waals surface area contributed by atoms with Gasteiger partial charge in [-0.3, -0.25) is 0 Å². The third kappa shape index (κ3) is 7.34. The Balaban J connectivity index is 3.54. The van der Waals surface area contributed by atoms with Crippen LogP contribution in [0.4, 0.5) is 0 Å². The number of halogens is 1. The Morgan fingerprint density at radius 2 is 2.07 bits per heavy atom. The first kappa shape index (κ1) is 13.9.